The Balaban J connectivity index is 1.98. The molecule has 0 fully saturated rings. The van der Waals surface area contributed by atoms with Gasteiger partial charge in [0.25, 0.3) is 0 Å². The molecular weight excluding hydrogens is 359 g/mol. The summed E-state index contributed by atoms with van der Waals surface area (Å²) in [4.78, 5) is 14.3. The summed E-state index contributed by atoms with van der Waals surface area (Å²) in [6.07, 6.45) is 0.205. The lowest BCUT2D eigenvalue weighted by atomic mass is 10.1. The molecule has 0 unspecified atom stereocenters. The Labute approximate surface area is 144 Å². The minimum absolute atomic E-state index is 0.126. The Morgan fingerprint density at radius 3 is 2.35 bits per heavy atom. The van der Waals surface area contributed by atoms with Gasteiger partial charge in [-0.2, -0.15) is 0 Å². The van der Waals surface area contributed by atoms with Crippen molar-refractivity contribution in [1.29, 1.82) is 0 Å². The highest BCUT2D eigenvalue weighted by molar-refractivity contribution is 9.10. The van der Waals surface area contributed by atoms with Gasteiger partial charge in [0.1, 0.15) is 5.82 Å². The Bertz CT molecular complexity index is 669. The first kappa shape index (κ1) is 17.5. The molecule has 23 heavy (non-hydrogen) atoms. The molecule has 2 aromatic rings. The van der Waals surface area contributed by atoms with Crippen molar-refractivity contribution >= 4 is 33.2 Å². The molecule has 0 aromatic heterocycles. The summed E-state index contributed by atoms with van der Waals surface area (Å²) in [5, 5.41) is 2.86. The van der Waals surface area contributed by atoms with E-state index in [1.807, 2.05) is 24.3 Å². The van der Waals surface area contributed by atoms with E-state index in [0.717, 1.165) is 30.0 Å². The van der Waals surface area contributed by atoms with Crippen LogP contribution in [0.1, 0.15) is 19.4 Å². The second kappa shape index (κ2) is 8.11. The third-order valence-corrected chi connectivity index (χ3v) is 4.24. The SMILES string of the molecule is CCN(CC)c1ccc(NC(=O)Cc2ccc(F)c(Br)c2)cc1. The van der Waals surface area contributed by atoms with Crippen molar-refractivity contribution in [1.82, 2.24) is 0 Å². The first-order chi connectivity index (χ1) is 11.0. The molecule has 122 valence electrons. The molecule has 0 bridgehead atoms. The summed E-state index contributed by atoms with van der Waals surface area (Å²) >= 11 is 3.13. The number of hydrogen-bond acceptors (Lipinski definition) is 2. The molecule has 1 amide bonds. The summed E-state index contributed by atoms with van der Waals surface area (Å²) in [5.41, 5.74) is 2.65. The lowest BCUT2D eigenvalue weighted by Gasteiger charge is -2.21. The number of amides is 1. The Morgan fingerprint density at radius 1 is 1.13 bits per heavy atom. The molecule has 1 N–H and O–H groups in total. The van der Waals surface area contributed by atoms with Crippen LogP contribution < -0.4 is 10.2 Å². The topological polar surface area (TPSA) is 32.3 Å². The van der Waals surface area contributed by atoms with Crippen LogP contribution in [-0.2, 0) is 11.2 Å². The first-order valence-electron chi connectivity index (χ1n) is 7.62. The second-order valence-corrected chi connectivity index (χ2v) is 6.05. The maximum Gasteiger partial charge on any atom is 0.228 e. The van der Waals surface area contributed by atoms with Crippen molar-refractivity contribution < 1.29 is 9.18 Å². The van der Waals surface area contributed by atoms with Gasteiger partial charge >= 0.3 is 0 Å². The number of hydrogen-bond donors (Lipinski definition) is 1. The third kappa shape index (κ3) is 4.79. The maximum atomic E-state index is 13.2. The smallest absolute Gasteiger partial charge is 0.228 e. The second-order valence-electron chi connectivity index (χ2n) is 5.19. The van der Waals surface area contributed by atoms with E-state index in [0.29, 0.717) is 4.47 Å². The average Bonchev–Trinajstić information content (AvgIpc) is 2.53. The summed E-state index contributed by atoms with van der Waals surface area (Å²) < 4.78 is 13.6. The minimum atomic E-state index is -0.332. The van der Waals surface area contributed by atoms with E-state index in [9.17, 15) is 9.18 Å². The zero-order valence-corrected chi connectivity index (χ0v) is 14.9. The number of rotatable bonds is 6. The van der Waals surface area contributed by atoms with Gasteiger partial charge in [-0.3, -0.25) is 4.79 Å². The number of nitrogens with zero attached hydrogens (tertiary/aromatic N) is 1. The Kier molecular flexibility index (Phi) is 6.16. The Hall–Kier alpha value is -1.88. The lowest BCUT2D eigenvalue weighted by Crippen LogP contribution is -2.21. The standard InChI is InChI=1S/C18H20BrFN2O/c1-3-22(4-2)15-8-6-14(7-9-15)21-18(23)12-13-5-10-17(20)16(19)11-13/h5-11H,3-4,12H2,1-2H3,(H,21,23). The zero-order chi connectivity index (χ0) is 16.8. The quantitative estimate of drug-likeness (QED) is 0.795. The van der Waals surface area contributed by atoms with E-state index in [1.165, 1.54) is 6.07 Å². The average molecular weight is 379 g/mol. The predicted molar refractivity (Wildman–Crippen MR) is 96.4 cm³/mol. The molecule has 0 heterocycles. The fourth-order valence-corrected chi connectivity index (χ4v) is 2.81. The molecule has 3 nitrogen and oxygen atoms in total. The van der Waals surface area contributed by atoms with Crippen molar-refractivity contribution in [3.05, 3.63) is 58.3 Å². The van der Waals surface area contributed by atoms with E-state index in [-0.39, 0.29) is 18.1 Å². The fourth-order valence-electron chi connectivity index (χ4n) is 2.38. The van der Waals surface area contributed by atoms with Crippen molar-refractivity contribution in [3.63, 3.8) is 0 Å². The van der Waals surface area contributed by atoms with Crippen LogP contribution in [0.3, 0.4) is 0 Å². The molecular formula is C18H20BrFN2O. The molecule has 0 saturated carbocycles. The van der Waals surface area contributed by atoms with Crippen molar-refractivity contribution in [2.24, 2.45) is 0 Å². The summed E-state index contributed by atoms with van der Waals surface area (Å²) in [6, 6.07) is 12.4. The van der Waals surface area contributed by atoms with Gasteiger partial charge in [-0.05, 0) is 71.7 Å². The number of halogens is 2. The normalized spacial score (nSPS) is 10.4. The van der Waals surface area contributed by atoms with Gasteiger partial charge in [0, 0.05) is 24.5 Å². The molecule has 0 aliphatic heterocycles. The largest absolute Gasteiger partial charge is 0.372 e. The van der Waals surface area contributed by atoms with E-state index in [2.05, 4.69) is 40.0 Å². The lowest BCUT2D eigenvalue weighted by molar-refractivity contribution is -0.115. The van der Waals surface area contributed by atoms with Gasteiger partial charge in [0.05, 0.1) is 10.9 Å². The number of benzene rings is 2. The predicted octanol–water partition coefficient (Wildman–Crippen LogP) is 4.62. The first-order valence-corrected chi connectivity index (χ1v) is 8.41. The molecule has 5 heteroatoms. The van der Waals surface area contributed by atoms with Crippen LogP contribution in [0.15, 0.2) is 46.9 Å². The zero-order valence-electron chi connectivity index (χ0n) is 13.3. The third-order valence-electron chi connectivity index (χ3n) is 3.63. The number of anilines is 2. The van der Waals surface area contributed by atoms with Gasteiger partial charge in [0.15, 0.2) is 0 Å². The number of carbonyl (C=O) groups is 1. The van der Waals surface area contributed by atoms with E-state index in [1.54, 1.807) is 12.1 Å². The summed E-state index contributed by atoms with van der Waals surface area (Å²) in [7, 11) is 0. The summed E-state index contributed by atoms with van der Waals surface area (Å²) in [5.74, 6) is -0.458. The highest BCUT2D eigenvalue weighted by Crippen LogP contribution is 2.19. The highest BCUT2D eigenvalue weighted by atomic mass is 79.9. The molecule has 0 aliphatic rings. The van der Waals surface area contributed by atoms with Crippen molar-refractivity contribution in [3.8, 4) is 0 Å². The van der Waals surface area contributed by atoms with Crippen LogP contribution in [0.2, 0.25) is 0 Å². The van der Waals surface area contributed by atoms with Crippen LogP contribution in [0.25, 0.3) is 0 Å². The van der Waals surface area contributed by atoms with Crippen LogP contribution in [-0.4, -0.2) is 19.0 Å². The molecule has 0 spiro atoms. The maximum absolute atomic E-state index is 13.2. The molecule has 0 atom stereocenters. The van der Waals surface area contributed by atoms with Gasteiger partial charge in [-0.1, -0.05) is 6.07 Å². The van der Waals surface area contributed by atoms with Crippen LogP contribution in [0.4, 0.5) is 15.8 Å². The monoisotopic (exact) mass is 378 g/mol. The Morgan fingerprint density at radius 2 is 1.78 bits per heavy atom. The summed E-state index contributed by atoms with van der Waals surface area (Å²) in [6.45, 7) is 6.11. The highest BCUT2D eigenvalue weighted by Gasteiger charge is 2.07. The van der Waals surface area contributed by atoms with E-state index >= 15 is 0 Å². The molecule has 2 aromatic carbocycles. The minimum Gasteiger partial charge on any atom is -0.372 e. The van der Waals surface area contributed by atoms with E-state index < -0.39 is 0 Å². The number of carbonyl (C=O) groups excluding carboxylic acids is 1. The van der Waals surface area contributed by atoms with Crippen LogP contribution >= 0.6 is 15.9 Å². The van der Waals surface area contributed by atoms with Crippen LogP contribution in [0.5, 0.6) is 0 Å². The molecule has 0 radical (unpaired) electrons. The van der Waals surface area contributed by atoms with Gasteiger partial charge in [-0.15, -0.1) is 0 Å². The van der Waals surface area contributed by atoms with Gasteiger partial charge in [-0.25, -0.2) is 4.39 Å². The van der Waals surface area contributed by atoms with E-state index in [4.69, 9.17) is 0 Å². The van der Waals surface area contributed by atoms with Crippen LogP contribution in [0, 0.1) is 5.82 Å². The van der Waals surface area contributed by atoms with Crippen molar-refractivity contribution in [2.75, 3.05) is 23.3 Å². The molecule has 2 rings (SSSR count). The molecule has 0 saturated heterocycles. The molecule has 0 aliphatic carbocycles. The number of nitrogens with one attached hydrogen (secondary N) is 1. The van der Waals surface area contributed by atoms with Gasteiger partial charge in [0.2, 0.25) is 5.91 Å². The van der Waals surface area contributed by atoms with Gasteiger partial charge < -0.3 is 10.2 Å². The fraction of sp³-hybridized carbons (Fsp3) is 0.278. The van der Waals surface area contributed by atoms with Crippen molar-refractivity contribution in [2.45, 2.75) is 20.3 Å².